The minimum atomic E-state index is -1.33. The van der Waals surface area contributed by atoms with Crippen molar-refractivity contribution < 1.29 is 29.0 Å². The van der Waals surface area contributed by atoms with Gasteiger partial charge in [-0.1, -0.05) is 32.4 Å². The van der Waals surface area contributed by atoms with Gasteiger partial charge in [0.2, 0.25) is 11.8 Å². The lowest BCUT2D eigenvalue weighted by Crippen LogP contribution is -2.49. The topological polar surface area (TPSA) is 140 Å². The van der Waals surface area contributed by atoms with Gasteiger partial charge in [-0.3, -0.25) is 9.59 Å². The maximum absolute atomic E-state index is 13.8. The molecule has 46 heavy (non-hydrogen) atoms. The molecule has 3 heterocycles. The Bertz CT molecular complexity index is 1680. The zero-order chi connectivity index (χ0) is 32.6. The predicted molar refractivity (Wildman–Crippen MR) is 176 cm³/mol. The number of hydrogen-bond donors (Lipinski definition) is 3. The number of carboxylic acid groups (broad SMARTS) is 1. The molecular weight excluding hydrogens is 604 g/mol. The number of hydrogen-bond acceptors (Lipinski definition) is 8. The van der Waals surface area contributed by atoms with Crippen LogP contribution in [0.4, 0.5) is 0 Å². The predicted octanol–water partition coefficient (Wildman–Crippen LogP) is 5.78. The second kappa shape index (κ2) is 13.0. The van der Waals surface area contributed by atoms with Crippen molar-refractivity contribution in [2.45, 2.75) is 83.3 Å². The van der Waals surface area contributed by atoms with Crippen LogP contribution >= 0.6 is 11.3 Å². The molecule has 2 fully saturated rings. The second-order valence-corrected chi connectivity index (χ2v) is 14.0. The number of carbonyl (C=O) groups is 3. The van der Waals surface area contributed by atoms with Crippen molar-refractivity contribution in [1.29, 1.82) is 0 Å². The number of carbonyl (C=O) groups excluding carboxylic acids is 2. The number of pyridine rings is 1. The van der Waals surface area contributed by atoms with E-state index in [0.29, 0.717) is 36.6 Å². The molecule has 0 radical (unpaired) electrons. The van der Waals surface area contributed by atoms with E-state index in [-0.39, 0.29) is 24.2 Å². The summed E-state index contributed by atoms with van der Waals surface area (Å²) in [6, 6.07) is 5.69. The van der Waals surface area contributed by atoms with Gasteiger partial charge in [-0.05, 0) is 63.5 Å². The molecule has 3 aliphatic rings. The number of aromatic nitrogens is 2. The number of aliphatic carboxylic acids is 1. The van der Waals surface area contributed by atoms with Crippen LogP contribution in [-0.2, 0) is 14.4 Å². The average Bonchev–Trinajstić information content (AvgIpc) is 3.33. The molecule has 0 bridgehead atoms. The minimum absolute atomic E-state index is 0.194. The summed E-state index contributed by atoms with van der Waals surface area (Å²) in [6.45, 7) is 6.69. The summed E-state index contributed by atoms with van der Waals surface area (Å²) in [5.41, 5.74) is 1.93. The quantitative estimate of drug-likeness (QED) is 0.287. The number of benzene rings is 1. The molecule has 0 saturated heterocycles. The molecule has 1 aliphatic heterocycles. The summed E-state index contributed by atoms with van der Waals surface area (Å²) >= 11 is 1.53. The van der Waals surface area contributed by atoms with E-state index in [2.05, 4.69) is 24.5 Å². The van der Waals surface area contributed by atoms with E-state index in [1.807, 2.05) is 42.7 Å². The largest absolute Gasteiger partial charge is 0.496 e. The van der Waals surface area contributed by atoms with E-state index in [4.69, 9.17) is 19.4 Å². The molecule has 3 aromatic rings. The van der Waals surface area contributed by atoms with Gasteiger partial charge >= 0.3 is 5.97 Å². The van der Waals surface area contributed by atoms with Crippen LogP contribution in [0.2, 0.25) is 0 Å². The molecule has 1 aromatic carbocycles. The van der Waals surface area contributed by atoms with E-state index < -0.39 is 35.4 Å². The highest BCUT2D eigenvalue weighted by atomic mass is 32.1. The molecule has 5 atom stereocenters. The van der Waals surface area contributed by atoms with Gasteiger partial charge in [-0.15, -0.1) is 11.3 Å². The molecule has 0 spiro atoms. The van der Waals surface area contributed by atoms with Gasteiger partial charge < -0.3 is 25.2 Å². The number of carboxylic acids is 1. The van der Waals surface area contributed by atoms with Crippen molar-refractivity contribution in [1.82, 2.24) is 20.6 Å². The number of nitrogens with one attached hydrogen (secondary N) is 2. The summed E-state index contributed by atoms with van der Waals surface area (Å²) in [5.74, 6) is -1.70. The summed E-state index contributed by atoms with van der Waals surface area (Å²) in [4.78, 5) is 49.4. The summed E-state index contributed by atoms with van der Waals surface area (Å²) in [6.07, 6.45) is 8.04. The number of thiazole rings is 1. The zero-order valence-corrected chi connectivity index (χ0v) is 27.6. The van der Waals surface area contributed by atoms with Crippen LogP contribution in [0.25, 0.3) is 21.6 Å². The van der Waals surface area contributed by atoms with Gasteiger partial charge in [-0.25, -0.2) is 14.8 Å². The minimum Gasteiger partial charge on any atom is -0.496 e. The Balaban J connectivity index is 1.33. The first-order chi connectivity index (χ1) is 22.1. The van der Waals surface area contributed by atoms with Gasteiger partial charge in [-0.2, -0.15) is 0 Å². The van der Waals surface area contributed by atoms with Gasteiger partial charge in [0.1, 0.15) is 33.8 Å². The van der Waals surface area contributed by atoms with E-state index in [1.165, 1.54) is 11.3 Å². The third-order valence-corrected chi connectivity index (χ3v) is 10.5. The lowest BCUT2D eigenvalue weighted by molar-refractivity contribution is -0.144. The molecule has 2 saturated carbocycles. The van der Waals surface area contributed by atoms with E-state index in [9.17, 15) is 19.5 Å². The molecule has 1 unspecified atom stereocenters. The van der Waals surface area contributed by atoms with Crippen molar-refractivity contribution in [2.24, 2.45) is 17.8 Å². The smallest absolute Gasteiger partial charge is 0.330 e. The highest BCUT2D eigenvalue weighted by Crippen LogP contribution is 2.47. The molecule has 244 valence electrons. The zero-order valence-electron chi connectivity index (χ0n) is 26.8. The van der Waals surface area contributed by atoms with E-state index >= 15 is 0 Å². The van der Waals surface area contributed by atoms with Crippen LogP contribution in [0.3, 0.4) is 0 Å². The third kappa shape index (κ3) is 6.21. The fourth-order valence-corrected chi connectivity index (χ4v) is 7.71. The molecule has 3 N–H and O–H groups in total. The van der Waals surface area contributed by atoms with Crippen LogP contribution in [0.1, 0.15) is 76.0 Å². The molecule has 2 aromatic heterocycles. The lowest BCUT2D eigenvalue weighted by atomic mass is 9.93. The number of ether oxygens (including phenoxy) is 2. The Kier molecular flexibility index (Phi) is 9.05. The normalized spacial score (nSPS) is 26.8. The Morgan fingerprint density at radius 2 is 1.87 bits per heavy atom. The van der Waals surface area contributed by atoms with Crippen LogP contribution in [-0.4, -0.2) is 58.2 Å². The number of allylic oxidation sites excluding steroid dienone is 1. The number of amides is 2. The summed E-state index contributed by atoms with van der Waals surface area (Å²) in [5, 5.41) is 19.6. The number of aryl methyl sites for hydroxylation is 1. The molecule has 10 nitrogen and oxygen atoms in total. The van der Waals surface area contributed by atoms with Crippen LogP contribution in [0.15, 0.2) is 35.7 Å². The van der Waals surface area contributed by atoms with Gasteiger partial charge in [0.05, 0.1) is 30.2 Å². The van der Waals surface area contributed by atoms with Crippen LogP contribution in [0, 0.1) is 24.7 Å². The highest BCUT2D eigenvalue weighted by Gasteiger charge is 2.61. The molecule has 2 aliphatic carbocycles. The molecule has 6 rings (SSSR count). The van der Waals surface area contributed by atoms with Crippen molar-refractivity contribution in [3.63, 3.8) is 0 Å². The Morgan fingerprint density at radius 3 is 2.59 bits per heavy atom. The van der Waals surface area contributed by atoms with Gasteiger partial charge in [0.15, 0.2) is 0 Å². The third-order valence-electron chi connectivity index (χ3n) is 9.64. The monoisotopic (exact) mass is 646 g/mol. The first kappa shape index (κ1) is 32.0. The Hall–Kier alpha value is -3.99. The fourth-order valence-electron chi connectivity index (χ4n) is 6.77. The van der Waals surface area contributed by atoms with Crippen molar-refractivity contribution in [2.75, 3.05) is 13.7 Å². The summed E-state index contributed by atoms with van der Waals surface area (Å²) in [7, 11) is 1.63. The van der Waals surface area contributed by atoms with Gasteiger partial charge in [0, 0.05) is 34.9 Å². The van der Waals surface area contributed by atoms with E-state index in [0.717, 1.165) is 52.9 Å². The Morgan fingerprint density at radius 1 is 1.09 bits per heavy atom. The van der Waals surface area contributed by atoms with Gasteiger partial charge in [0.25, 0.3) is 0 Å². The Labute approximate surface area is 273 Å². The lowest BCUT2D eigenvalue weighted by Gasteiger charge is -2.21. The number of rotatable bonds is 6. The molecular formula is C35H42N4O6S. The maximum Gasteiger partial charge on any atom is 0.330 e. The first-order valence-corrected chi connectivity index (χ1v) is 17.1. The van der Waals surface area contributed by atoms with E-state index in [1.54, 1.807) is 7.11 Å². The molecule has 2 amide bonds. The fraction of sp³-hybridized carbons (Fsp3) is 0.514. The number of methoxy groups -OCH3 is 1. The second-order valence-electron chi connectivity index (χ2n) is 13.1. The van der Waals surface area contributed by atoms with Crippen LogP contribution in [0.5, 0.6) is 11.5 Å². The van der Waals surface area contributed by atoms with Crippen molar-refractivity contribution in [3.8, 4) is 22.2 Å². The average molecular weight is 647 g/mol. The highest BCUT2D eigenvalue weighted by molar-refractivity contribution is 7.13. The van der Waals surface area contributed by atoms with Crippen molar-refractivity contribution >= 4 is 40.0 Å². The van der Waals surface area contributed by atoms with Crippen molar-refractivity contribution in [3.05, 3.63) is 47.0 Å². The summed E-state index contributed by atoms with van der Waals surface area (Å²) < 4.78 is 12.3. The first-order valence-electron chi connectivity index (χ1n) is 16.2. The van der Waals surface area contributed by atoms with Crippen LogP contribution < -0.4 is 20.1 Å². The SMILES string of the molecule is COc1ccc2c(O[C@H]3CC4C(=O)NCCCCCC=C[C@@H]5C[C@@]5(C(=O)O)NC(=O)[C@@H]4C3)cc(-c3nc(C(C)C)cs3)nc2c1C. The maximum atomic E-state index is 13.8. The molecule has 11 heteroatoms. The number of fused-ring (bicyclic) bond motifs is 3. The standard InChI is InChI=1S/C35H42N4O6S/c1-19(2)27-18-46-33(38-27)26-16-29(23-11-12-28(44-4)20(3)30(23)37-26)45-22-14-24-25(15-22)32(41)39-35(34(42)43)17-21(35)10-8-6-5-7-9-13-36-31(24)40/h8,10-12,16,18-19,21-22,24-25H,5-7,9,13-15,17H2,1-4H3,(H,36,40)(H,39,41)(H,42,43)/t21-,22+,24?,25-,35-/m1/s1. The number of nitrogens with zero attached hydrogens (tertiary/aromatic N) is 2.